The average molecular weight is 2070 g/mol. The molecule has 0 saturated heterocycles. The zero-order chi connectivity index (χ0) is 108. The Morgan fingerprint density at radius 1 is 0.190 bits per heavy atom. The van der Waals surface area contributed by atoms with Crippen molar-refractivity contribution >= 4 is 0 Å². The van der Waals surface area contributed by atoms with Crippen molar-refractivity contribution in [2.75, 3.05) is 13.2 Å². The normalized spacial score (nSPS) is 12.8. The van der Waals surface area contributed by atoms with Crippen LogP contribution in [0.5, 0.6) is 0 Å². The number of aliphatic hydroxyl groups is 2. The molecular weight excluding hydrogens is 1770 g/mol. The Kier molecular flexibility index (Phi) is 143. The number of allylic oxidation sites excluding steroid dienone is 3. The molecule has 0 fully saturated rings. The lowest BCUT2D eigenvalue weighted by Crippen LogP contribution is -2.26. The zero-order valence-electron chi connectivity index (χ0n) is 106. The van der Waals surface area contributed by atoms with Gasteiger partial charge in [-0.3, -0.25) is 0 Å². The smallest absolute Gasteiger partial charge is 0.0487 e. The number of unbranched alkanes of at least 4 members (excludes halogenated alkanes) is 95. The predicted octanol–water partition coefficient (Wildman–Crippen LogP) is 54.3. The quantitative estimate of drug-likeness (QED) is 0.0471. The fourth-order valence-electron chi connectivity index (χ4n) is 24.3. The minimum absolute atomic E-state index is 0.225. The van der Waals surface area contributed by atoms with Crippen LogP contribution in [0.15, 0.2) is 24.3 Å². The van der Waals surface area contributed by atoms with Crippen molar-refractivity contribution in [1.29, 1.82) is 0 Å². The van der Waals surface area contributed by atoms with Crippen molar-refractivity contribution in [3.63, 3.8) is 0 Å². The first kappa shape index (κ1) is 153. The van der Waals surface area contributed by atoms with Gasteiger partial charge in [0.15, 0.2) is 0 Å². The molecule has 0 spiro atoms. The fourth-order valence-corrected chi connectivity index (χ4v) is 24.3. The molecule has 886 valence electrons. The van der Waals surface area contributed by atoms with E-state index in [4.69, 9.17) is 0 Å². The number of aliphatic hydroxyl groups excluding tert-OH is 2. The Balaban J connectivity index is -0.000000928. The van der Waals surface area contributed by atoms with Crippen LogP contribution in [0.2, 0.25) is 0 Å². The van der Waals surface area contributed by atoms with Gasteiger partial charge < -0.3 is 10.2 Å². The van der Waals surface area contributed by atoms with E-state index in [0.29, 0.717) is 18.6 Å². The second kappa shape index (κ2) is 138. The summed E-state index contributed by atoms with van der Waals surface area (Å²) in [5, 5.41) is 20.3. The number of rotatable bonds is 126. The van der Waals surface area contributed by atoms with Crippen LogP contribution in [0.25, 0.3) is 0 Å². The summed E-state index contributed by atoms with van der Waals surface area (Å²) in [6.07, 6.45) is 177. The fraction of sp³-hybridized carbons (Fsp3) is 0.972. The molecule has 4 unspecified atom stereocenters. The molecule has 0 amide bonds. The molecule has 0 aromatic carbocycles. The highest BCUT2D eigenvalue weighted by molar-refractivity contribution is 4.98. The van der Waals surface area contributed by atoms with Gasteiger partial charge in [0.1, 0.15) is 0 Å². The van der Waals surface area contributed by atoms with E-state index in [1.54, 1.807) is 5.57 Å². The first-order valence-electron chi connectivity index (χ1n) is 71.0. The molecule has 2 heteroatoms. The van der Waals surface area contributed by atoms with Gasteiger partial charge in [-0.2, -0.15) is 0 Å². The summed E-state index contributed by atoms with van der Waals surface area (Å²) in [5.74, 6) is 2.60. The van der Waals surface area contributed by atoms with E-state index in [1.807, 2.05) is 0 Å². The minimum Gasteiger partial charge on any atom is -0.396 e. The minimum atomic E-state index is 0.225. The van der Waals surface area contributed by atoms with E-state index in [1.165, 1.54) is 770 Å². The molecule has 0 saturated carbocycles. The molecule has 0 bridgehead atoms. The van der Waals surface area contributed by atoms with Crippen LogP contribution in [-0.2, 0) is 0 Å². The van der Waals surface area contributed by atoms with Crippen LogP contribution in [-0.4, -0.2) is 23.4 Å². The molecule has 0 aliphatic carbocycles. The van der Waals surface area contributed by atoms with Crippen LogP contribution in [0.4, 0.5) is 0 Å². The number of hydrogen-bond donors (Lipinski definition) is 2. The van der Waals surface area contributed by atoms with Gasteiger partial charge in [0, 0.05) is 13.2 Å². The molecule has 0 aromatic heterocycles. The molecule has 0 heterocycles. The van der Waals surface area contributed by atoms with E-state index in [2.05, 4.69) is 109 Å². The Labute approximate surface area is 937 Å². The molecule has 2 N–H and O–H groups in total. The Hall–Kier alpha value is -0.600. The summed E-state index contributed by atoms with van der Waals surface area (Å²) in [5.41, 5.74) is 2.24. The van der Waals surface area contributed by atoms with E-state index in [9.17, 15) is 10.2 Å². The Morgan fingerprint density at radius 2 is 0.354 bits per heavy atom. The maximum atomic E-state index is 10.6. The monoisotopic (exact) mass is 2070 g/mol. The summed E-state index contributed by atoms with van der Waals surface area (Å²) in [6, 6.07) is 0. The van der Waals surface area contributed by atoms with Crippen molar-refractivity contribution in [2.45, 2.75) is 867 Å². The van der Waals surface area contributed by atoms with Crippen molar-refractivity contribution < 1.29 is 10.2 Å². The topological polar surface area (TPSA) is 40.5 Å². The van der Waals surface area contributed by atoms with E-state index >= 15 is 0 Å². The lowest BCUT2D eigenvalue weighted by Gasteiger charge is -2.32. The first-order chi connectivity index (χ1) is 72.4. The van der Waals surface area contributed by atoms with E-state index < -0.39 is 0 Å². The molecule has 147 heavy (non-hydrogen) atoms. The van der Waals surface area contributed by atoms with Gasteiger partial charge in [0.25, 0.3) is 0 Å². The van der Waals surface area contributed by atoms with Gasteiger partial charge >= 0.3 is 0 Å². The van der Waals surface area contributed by atoms with Crippen LogP contribution in [0, 0.1) is 28.6 Å². The van der Waals surface area contributed by atoms with Crippen LogP contribution >= 0.6 is 0 Å². The lowest BCUT2D eigenvalue weighted by molar-refractivity contribution is 0.0856. The Bertz CT molecular complexity index is 2240. The molecule has 4 atom stereocenters. The second-order valence-corrected chi connectivity index (χ2v) is 50.5. The maximum Gasteiger partial charge on any atom is 0.0487 e. The predicted molar refractivity (Wildman–Crippen MR) is 680 cm³/mol. The highest BCUT2D eigenvalue weighted by Gasteiger charge is 2.29. The lowest BCUT2D eigenvalue weighted by atomic mass is 9.74. The first-order valence-corrected chi connectivity index (χ1v) is 71.0. The van der Waals surface area contributed by atoms with Gasteiger partial charge in [-0.15, -0.1) is 0 Å². The van der Waals surface area contributed by atoms with Crippen LogP contribution < -0.4 is 0 Å². The molecule has 0 rings (SSSR count). The van der Waals surface area contributed by atoms with Crippen LogP contribution in [0.1, 0.15) is 867 Å². The van der Waals surface area contributed by atoms with Crippen molar-refractivity contribution in [2.24, 2.45) is 28.6 Å². The van der Waals surface area contributed by atoms with Crippen molar-refractivity contribution in [3.05, 3.63) is 24.3 Å². The van der Waals surface area contributed by atoms with Crippen LogP contribution in [0.3, 0.4) is 0 Å². The van der Waals surface area contributed by atoms with Crippen molar-refractivity contribution in [1.82, 2.24) is 0 Å². The molecule has 2 nitrogen and oxygen atoms in total. The molecule has 0 aliphatic rings. The molecule has 0 aromatic rings. The molecule has 0 aliphatic heterocycles. The second-order valence-electron chi connectivity index (χ2n) is 50.5. The molecular formula is C145H294O2. The third kappa shape index (κ3) is 130. The SMILES string of the molecule is C=C(CCCCCCCCCC)CC(CCCCCCCCCC)CCCCCCCCCCCC.CCCCCCCCCC/C=C/C(C)(CCCCCCCCCC)CCCCCCCCCCCC.CCCCCCCCCCCCC(CCCCCCCCCC)CC(CCO)CCCCCCCCCC.CCCCCCCCCCCCC(CO)(CCCCCCCCCC)CCCCCCCCCCCC. The van der Waals surface area contributed by atoms with E-state index in [-0.39, 0.29) is 5.41 Å². The average Bonchev–Trinajstić information content (AvgIpc) is 0.874. The largest absolute Gasteiger partial charge is 0.396 e. The highest BCUT2D eigenvalue weighted by atomic mass is 16.3. The highest BCUT2D eigenvalue weighted by Crippen LogP contribution is 2.40. The summed E-state index contributed by atoms with van der Waals surface area (Å²) in [4.78, 5) is 0. The third-order valence-electron chi connectivity index (χ3n) is 35.0. The van der Waals surface area contributed by atoms with E-state index in [0.717, 1.165) is 24.2 Å². The van der Waals surface area contributed by atoms with Gasteiger partial charge in [-0.25, -0.2) is 0 Å². The van der Waals surface area contributed by atoms with Gasteiger partial charge in [0.2, 0.25) is 0 Å². The number of hydrogen-bond acceptors (Lipinski definition) is 2. The summed E-state index contributed by atoms with van der Waals surface area (Å²) in [6.45, 7) is 35.7. The molecule has 0 radical (unpaired) electrons. The van der Waals surface area contributed by atoms with Gasteiger partial charge in [0.05, 0.1) is 0 Å². The van der Waals surface area contributed by atoms with Gasteiger partial charge in [-0.05, 0) is 106 Å². The standard InChI is InChI=1S/C37H76O.C36H74O.2C36H72/c1-4-7-10-13-16-19-20-23-25-28-31-36(30-27-24-21-17-14-11-8-5-2)35-37(33-34-38)32-29-26-22-18-15-12-9-6-3;1-4-7-10-13-16-19-21-24-27-30-33-36(35-37,32-29-26-23-18-15-12-9-6-3)34-31-28-25-22-20-17-14-11-8-5-2;1-5-8-11-14-17-20-21-24-27-30-33-36(32-29-26-23-19-16-13-10-7-3)34-35(4)31-28-25-22-18-15-12-9-6-2;1-5-8-11-14-17-20-22-25-28-31-34-36(4,33-30-27-24-19-16-13-10-7-3)35-32-29-26-23-21-18-15-12-9-6-2/h36-38H,4-35H2,1-3H3;37H,4-35H2,1-3H3;36H,4-34H2,1-3H3;31,34H,5-30,32-33,35H2,1-4H3/b;;;34-31+. The summed E-state index contributed by atoms with van der Waals surface area (Å²) in [7, 11) is 0. The van der Waals surface area contributed by atoms with Crippen molar-refractivity contribution in [3.8, 4) is 0 Å². The summed E-state index contributed by atoms with van der Waals surface area (Å²) < 4.78 is 0. The third-order valence-corrected chi connectivity index (χ3v) is 35.0. The zero-order valence-corrected chi connectivity index (χ0v) is 106. The maximum absolute atomic E-state index is 10.6. The van der Waals surface area contributed by atoms with Gasteiger partial charge in [-0.1, -0.05) is 814 Å². The Morgan fingerprint density at radius 3 is 0.551 bits per heavy atom. The summed E-state index contributed by atoms with van der Waals surface area (Å²) >= 11 is 0.